The van der Waals surface area contributed by atoms with Gasteiger partial charge in [0.1, 0.15) is 56.9 Å². The highest BCUT2D eigenvalue weighted by Gasteiger charge is 2.43. The summed E-state index contributed by atoms with van der Waals surface area (Å²) in [7, 11) is -3.20. The van der Waals surface area contributed by atoms with Crippen molar-refractivity contribution >= 4 is 58.8 Å². The van der Waals surface area contributed by atoms with Gasteiger partial charge in [-0.3, -0.25) is 0 Å². The fraction of sp³-hybridized carbons (Fsp3) is 0.227. The Kier molecular flexibility index (Phi) is 25.9. The summed E-state index contributed by atoms with van der Waals surface area (Å²) >= 11 is 0. The summed E-state index contributed by atoms with van der Waals surface area (Å²) in [5.41, 5.74) is 4.17. The lowest BCUT2D eigenvalue weighted by molar-refractivity contribution is -0.136. The third kappa shape index (κ3) is 20.6. The van der Waals surface area contributed by atoms with Gasteiger partial charge in [0.25, 0.3) is 0 Å². The Morgan fingerprint density at radius 3 is 0.683 bits per heavy atom. The molecule has 4 aromatic heterocycles. The van der Waals surface area contributed by atoms with Gasteiger partial charge in [-0.2, -0.15) is 0 Å². The molecule has 532 valence electrons. The van der Waals surface area contributed by atoms with E-state index in [1.807, 2.05) is 163 Å². The molecule has 0 saturated carbocycles. The molecule has 0 amide bonds. The van der Waals surface area contributed by atoms with E-state index in [2.05, 4.69) is 185 Å². The number of rotatable bonds is 32. The number of benzene rings is 8. The number of pyridine rings is 4. The van der Waals surface area contributed by atoms with Crippen LogP contribution in [0.15, 0.2) is 279 Å². The SMILES string of the molecule is CCOc1ccc([SiH2]CC(C)(OC(C)(C[SiH2]c2ccc(OCC)cc2)c2ccc(C)c(Oc3ccccc3)n2)c2ccc(C)c(Oc3ccccc3)n2)cc1.Cc1ccc(C(C)(C[SiH2]c2ccccc2)OC(C)(C[SiH2]c2ccccc2)c2ccc(C)c(Oc3ccccc3)n2)nc1Oc1ccccc1. The first kappa shape index (κ1) is 75.1. The number of hydrogen-bond acceptors (Lipinski definition) is 12. The molecule has 12 aromatic rings. The standard InChI is InChI=1S/C46H52N2O5Si2.C42H44N2O3Si2/c1-7-49-35-21-25-39(26-22-35)54-31-45(5,41-29-19-33(3)43(47-41)51-37-15-11-9-12-16-37)53-46(6,32-55-40-27-23-36(24-28-40)50-8-2)42-30-20-34(4)44(48-42)52-38-17-13-10-14-18-38;1-31-25-27-37(43-39(31)45-33-17-9-5-10-18-33)41(3,29-48-35-21-13-7-14-22-35)47-42(4,30-49-36-23-15-8-16-24-36)38-28-26-32(2)40(44-38)46-34-19-11-6-12-20-34/h9-30H,7-8,31-32,54-55H2,1-6H3;5-28H,29-30,48-49H2,1-4H3. The zero-order valence-corrected chi connectivity index (χ0v) is 67.3. The molecule has 4 unspecified atom stereocenters. The van der Waals surface area contributed by atoms with Crippen molar-refractivity contribution in [2.45, 2.75) is 116 Å². The van der Waals surface area contributed by atoms with Gasteiger partial charge in [0.2, 0.25) is 23.5 Å². The van der Waals surface area contributed by atoms with Crippen LogP contribution in [0.4, 0.5) is 0 Å². The van der Waals surface area contributed by atoms with Crippen LogP contribution in [0.1, 0.15) is 86.6 Å². The molecule has 0 radical (unpaired) electrons. The third-order valence-corrected chi connectivity index (χ3v) is 27.8. The molecule has 12 rings (SSSR count). The van der Waals surface area contributed by atoms with Crippen LogP contribution >= 0.6 is 0 Å². The minimum atomic E-state index is -0.854. The van der Waals surface area contributed by atoms with Gasteiger partial charge in [0, 0.05) is 22.3 Å². The largest absolute Gasteiger partial charge is 0.494 e. The Labute approximate surface area is 623 Å². The maximum atomic E-state index is 7.64. The average Bonchev–Trinajstić information content (AvgIpc) is 0.775. The second kappa shape index (κ2) is 35.9. The summed E-state index contributed by atoms with van der Waals surface area (Å²) in [5.74, 6) is 7.07. The maximum absolute atomic E-state index is 7.64. The van der Waals surface area contributed by atoms with E-state index in [9.17, 15) is 0 Å². The normalized spacial score (nSPS) is 13.9. The molecule has 0 aliphatic carbocycles. The molecule has 0 fully saturated rings. The predicted molar refractivity (Wildman–Crippen MR) is 434 cm³/mol. The lowest BCUT2D eigenvalue weighted by atomic mass is 9.97. The second-order valence-electron chi connectivity index (χ2n) is 27.2. The first-order valence-electron chi connectivity index (χ1n) is 36.2. The predicted octanol–water partition coefficient (Wildman–Crippen LogP) is 16.1. The highest BCUT2D eigenvalue weighted by atomic mass is 28.2. The van der Waals surface area contributed by atoms with Gasteiger partial charge < -0.3 is 37.9 Å². The molecular formula is C88H96N4O8Si4. The van der Waals surface area contributed by atoms with Crippen molar-refractivity contribution in [3.63, 3.8) is 0 Å². The first-order chi connectivity index (χ1) is 50.5. The van der Waals surface area contributed by atoms with E-state index in [1.165, 1.54) is 20.7 Å². The molecule has 12 nitrogen and oxygen atoms in total. The fourth-order valence-electron chi connectivity index (χ4n) is 12.6. The summed E-state index contributed by atoms with van der Waals surface area (Å²) in [5, 5.41) is 5.42. The maximum Gasteiger partial charge on any atom is 0.222 e. The Balaban J connectivity index is 0.000000210. The smallest absolute Gasteiger partial charge is 0.222 e. The van der Waals surface area contributed by atoms with E-state index in [1.54, 1.807) is 0 Å². The summed E-state index contributed by atoms with van der Waals surface area (Å²) in [4.78, 5) is 20.8. The van der Waals surface area contributed by atoms with Crippen LogP contribution in [-0.4, -0.2) is 71.2 Å². The van der Waals surface area contributed by atoms with Gasteiger partial charge in [-0.05, 0) is 190 Å². The number of para-hydroxylation sites is 4. The number of nitrogens with zero attached hydrogens (tertiary/aromatic N) is 4. The van der Waals surface area contributed by atoms with Crippen LogP contribution in [-0.2, 0) is 31.9 Å². The monoisotopic (exact) mass is 1450 g/mol. The molecule has 0 bridgehead atoms. The molecule has 4 atom stereocenters. The number of ether oxygens (including phenoxy) is 8. The number of aromatic nitrogens is 4. The summed E-state index contributed by atoms with van der Waals surface area (Å²) in [6.07, 6.45) is 0. The van der Waals surface area contributed by atoms with Crippen LogP contribution in [0, 0.1) is 27.7 Å². The molecule has 4 heterocycles. The third-order valence-electron chi connectivity index (χ3n) is 18.8. The van der Waals surface area contributed by atoms with Crippen molar-refractivity contribution in [3.8, 4) is 58.0 Å². The van der Waals surface area contributed by atoms with E-state index in [0.717, 1.165) is 104 Å². The van der Waals surface area contributed by atoms with E-state index in [4.69, 9.17) is 57.8 Å². The summed E-state index contributed by atoms with van der Waals surface area (Å²) < 4.78 is 52.1. The van der Waals surface area contributed by atoms with Crippen molar-refractivity contribution in [3.05, 3.63) is 324 Å². The minimum Gasteiger partial charge on any atom is -0.494 e. The Morgan fingerprint density at radius 2 is 0.462 bits per heavy atom. The van der Waals surface area contributed by atoms with Gasteiger partial charge in [0.15, 0.2) is 0 Å². The quantitative estimate of drug-likeness (QED) is 0.0373. The van der Waals surface area contributed by atoms with Crippen molar-refractivity contribution < 1.29 is 37.9 Å². The lowest BCUT2D eigenvalue weighted by Crippen LogP contribution is -2.42. The highest BCUT2D eigenvalue weighted by molar-refractivity contribution is 6.55. The number of hydrogen-bond donors (Lipinski definition) is 0. The van der Waals surface area contributed by atoms with Crippen LogP contribution in [0.2, 0.25) is 24.2 Å². The zero-order valence-electron chi connectivity index (χ0n) is 61.7. The van der Waals surface area contributed by atoms with Gasteiger partial charge in [-0.1, -0.05) is 203 Å². The molecule has 0 aliphatic heterocycles. The van der Waals surface area contributed by atoms with Gasteiger partial charge in [-0.15, -0.1) is 0 Å². The van der Waals surface area contributed by atoms with Crippen LogP contribution in [0.3, 0.4) is 0 Å². The molecule has 0 N–H and O–H groups in total. The molecule has 104 heavy (non-hydrogen) atoms. The van der Waals surface area contributed by atoms with E-state index in [0.29, 0.717) is 36.7 Å². The van der Waals surface area contributed by atoms with Gasteiger partial charge in [0.05, 0.1) is 74.1 Å². The lowest BCUT2D eigenvalue weighted by Gasteiger charge is -2.40. The molecule has 0 saturated heterocycles. The van der Waals surface area contributed by atoms with Crippen molar-refractivity contribution in [1.29, 1.82) is 0 Å². The first-order valence-corrected chi connectivity index (χ1v) is 43.0. The minimum absolute atomic E-state index is 0.568. The van der Waals surface area contributed by atoms with Crippen LogP contribution in [0.5, 0.6) is 58.0 Å². The second-order valence-corrected chi connectivity index (χ2v) is 34.5. The topological polar surface area (TPSA) is 125 Å². The van der Waals surface area contributed by atoms with Crippen LogP contribution < -0.4 is 49.2 Å². The molecule has 8 aromatic carbocycles. The Bertz CT molecular complexity index is 4360. The van der Waals surface area contributed by atoms with E-state index >= 15 is 0 Å². The highest BCUT2D eigenvalue weighted by Crippen LogP contribution is 2.44. The van der Waals surface area contributed by atoms with E-state index in [-0.39, 0.29) is 0 Å². The molecular weight excluding hydrogens is 1350 g/mol. The Morgan fingerprint density at radius 1 is 0.250 bits per heavy atom. The van der Waals surface area contributed by atoms with Crippen molar-refractivity contribution in [1.82, 2.24) is 19.9 Å². The summed E-state index contributed by atoms with van der Waals surface area (Å²) in [6.45, 7) is 22.2. The Hall–Kier alpha value is -10.1. The van der Waals surface area contributed by atoms with Crippen molar-refractivity contribution in [2.75, 3.05) is 13.2 Å². The summed E-state index contributed by atoms with van der Waals surface area (Å²) in [6, 6.07) is 97.9. The van der Waals surface area contributed by atoms with Gasteiger partial charge in [-0.25, -0.2) is 19.9 Å². The van der Waals surface area contributed by atoms with Crippen LogP contribution in [0.25, 0.3) is 0 Å². The fourth-order valence-corrected chi connectivity index (χ4v) is 19.5. The number of aryl methyl sites for hydroxylation is 4. The average molecular weight is 1450 g/mol. The zero-order chi connectivity index (χ0) is 72.8. The van der Waals surface area contributed by atoms with Crippen molar-refractivity contribution in [2.24, 2.45) is 0 Å². The van der Waals surface area contributed by atoms with E-state index < -0.39 is 60.5 Å². The molecule has 0 spiro atoms. The molecule has 0 aliphatic rings. The molecule has 16 heteroatoms. The van der Waals surface area contributed by atoms with Gasteiger partial charge >= 0.3 is 0 Å².